The van der Waals surface area contributed by atoms with Crippen LogP contribution >= 0.6 is 0 Å². The average molecular weight is 288 g/mol. The van der Waals surface area contributed by atoms with Crippen molar-refractivity contribution < 1.29 is 9.53 Å². The normalized spacial score (nSPS) is 18.4. The highest BCUT2D eigenvalue weighted by atomic mass is 16.5. The molecule has 1 amide bonds. The quantitative estimate of drug-likeness (QED) is 0.846. The zero-order valence-corrected chi connectivity index (χ0v) is 12.9. The first-order valence-corrected chi connectivity index (χ1v) is 7.50. The van der Waals surface area contributed by atoms with E-state index in [0.29, 0.717) is 24.0 Å². The summed E-state index contributed by atoms with van der Waals surface area (Å²) in [7, 11) is 0. The van der Waals surface area contributed by atoms with Crippen LogP contribution in [0.25, 0.3) is 0 Å². The fourth-order valence-electron chi connectivity index (χ4n) is 2.42. The van der Waals surface area contributed by atoms with Crippen molar-refractivity contribution in [3.63, 3.8) is 0 Å². The third-order valence-corrected chi connectivity index (χ3v) is 3.63. The summed E-state index contributed by atoms with van der Waals surface area (Å²) in [6.45, 7) is 10.6. The van der Waals surface area contributed by atoms with Gasteiger partial charge in [0.25, 0.3) is 5.91 Å². The number of hydrogen-bond acceptors (Lipinski definition) is 3. The van der Waals surface area contributed by atoms with Crippen molar-refractivity contribution in [2.45, 2.75) is 26.3 Å². The molecular formula is C17H24N2O2. The first-order chi connectivity index (χ1) is 10.1. The lowest BCUT2D eigenvalue weighted by molar-refractivity contribution is 0.0697. The van der Waals surface area contributed by atoms with E-state index < -0.39 is 0 Å². The van der Waals surface area contributed by atoms with Gasteiger partial charge in [-0.05, 0) is 31.1 Å². The molecule has 0 aliphatic carbocycles. The van der Waals surface area contributed by atoms with Gasteiger partial charge in [0.05, 0.1) is 5.56 Å². The van der Waals surface area contributed by atoms with Gasteiger partial charge in [0.2, 0.25) is 0 Å². The third-order valence-electron chi connectivity index (χ3n) is 3.63. The Bertz CT molecular complexity index is 513. The van der Waals surface area contributed by atoms with E-state index in [2.05, 4.69) is 18.8 Å². The highest BCUT2D eigenvalue weighted by Gasteiger charge is 2.24. The van der Waals surface area contributed by atoms with Crippen LogP contribution in [0.15, 0.2) is 36.4 Å². The summed E-state index contributed by atoms with van der Waals surface area (Å²) in [5, 5.41) is 3.42. The summed E-state index contributed by atoms with van der Waals surface area (Å²) >= 11 is 0. The fourth-order valence-corrected chi connectivity index (χ4v) is 2.42. The Morgan fingerprint density at radius 1 is 1.48 bits per heavy atom. The number of nitrogens with one attached hydrogen (secondary N) is 1. The van der Waals surface area contributed by atoms with E-state index in [0.717, 1.165) is 31.6 Å². The Kier molecular flexibility index (Phi) is 5.39. The molecule has 1 aromatic carbocycles. The number of piperazine rings is 1. The molecule has 0 aromatic heterocycles. The van der Waals surface area contributed by atoms with E-state index in [1.165, 1.54) is 0 Å². The maximum absolute atomic E-state index is 12.7. The van der Waals surface area contributed by atoms with Crippen LogP contribution in [0.3, 0.4) is 0 Å². The number of carbonyl (C=O) groups excluding carboxylic acids is 1. The molecule has 0 spiro atoms. The van der Waals surface area contributed by atoms with Crippen LogP contribution in [0.4, 0.5) is 0 Å². The van der Waals surface area contributed by atoms with Crippen molar-refractivity contribution >= 4 is 5.91 Å². The smallest absolute Gasteiger partial charge is 0.257 e. The van der Waals surface area contributed by atoms with Gasteiger partial charge in [0, 0.05) is 25.7 Å². The molecule has 4 heteroatoms. The second-order valence-corrected chi connectivity index (χ2v) is 5.55. The molecule has 1 heterocycles. The molecule has 0 radical (unpaired) electrons. The predicted molar refractivity (Wildman–Crippen MR) is 84.7 cm³/mol. The Labute approximate surface area is 126 Å². The predicted octanol–water partition coefficient (Wildman–Crippen LogP) is 2.47. The summed E-state index contributed by atoms with van der Waals surface area (Å²) in [6, 6.07) is 7.82. The largest absolute Gasteiger partial charge is 0.488 e. The van der Waals surface area contributed by atoms with Crippen LogP contribution in [0.2, 0.25) is 0 Å². The molecule has 0 bridgehead atoms. The molecular weight excluding hydrogens is 264 g/mol. The summed E-state index contributed by atoms with van der Waals surface area (Å²) in [5.74, 6) is 0.685. The summed E-state index contributed by atoms with van der Waals surface area (Å²) < 4.78 is 5.70. The minimum atomic E-state index is 0.0484. The number of nitrogens with zero attached hydrogens (tertiary/aromatic N) is 1. The van der Waals surface area contributed by atoms with Crippen LogP contribution in [0.1, 0.15) is 30.6 Å². The zero-order chi connectivity index (χ0) is 15.2. The maximum atomic E-state index is 12.7. The second kappa shape index (κ2) is 7.27. The number of para-hydroxylation sites is 1. The average Bonchev–Trinajstić information content (AvgIpc) is 2.52. The fraction of sp³-hybridized carbons (Fsp3) is 0.471. The molecule has 1 aliphatic heterocycles. The number of carbonyl (C=O) groups is 1. The van der Waals surface area contributed by atoms with E-state index in [1.807, 2.05) is 36.1 Å². The lowest BCUT2D eigenvalue weighted by Gasteiger charge is -2.33. The zero-order valence-electron chi connectivity index (χ0n) is 12.9. The van der Waals surface area contributed by atoms with Crippen molar-refractivity contribution in [1.82, 2.24) is 10.2 Å². The van der Waals surface area contributed by atoms with Crippen LogP contribution in [0, 0.1) is 0 Å². The van der Waals surface area contributed by atoms with E-state index in [4.69, 9.17) is 4.74 Å². The van der Waals surface area contributed by atoms with Gasteiger partial charge in [0.1, 0.15) is 12.4 Å². The maximum Gasteiger partial charge on any atom is 0.257 e. The van der Waals surface area contributed by atoms with Crippen molar-refractivity contribution in [3.05, 3.63) is 42.0 Å². The van der Waals surface area contributed by atoms with E-state index in [-0.39, 0.29) is 5.91 Å². The van der Waals surface area contributed by atoms with Gasteiger partial charge < -0.3 is 15.0 Å². The lowest BCUT2D eigenvalue weighted by Crippen LogP contribution is -2.52. The number of amides is 1. The Morgan fingerprint density at radius 3 is 2.95 bits per heavy atom. The highest BCUT2D eigenvalue weighted by Crippen LogP contribution is 2.21. The minimum absolute atomic E-state index is 0.0484. The Morgan fingerprint density at radius 2 is 2.24 bits per heavy atom. The Balaban J connectivity index is 2.12. The van der Waals surface area contributed by atoms with E-state index >= 15 is 0 Å². The molecule has 1 N–H and O–H groups in total. The Hall–Kier alpha value is -1.81. The van der Waals surface area contributed by atoms with Crippen LogP contribution in [-0.2, 0) is 0 Å². The van der Waals surface area contributed by atoms with Crippen molar-refractivity contribution in [2.75, 3.05) is 26.2 Å². The molecule has 114 valence electrons. The van der Waals surface area contributed by atoms with E-state index in [9.17, 15) is 4.79 Å². The van der Waals surface area contributed by atoms with Gasteiger partial charge in [-0.1, -0.05) is 25.6 Å². The molecule has 2 rings (SSSR count). The van der Waals surface area contributed by atoms with Gasteiger partial charge in [-0.25, -0.2) is 0 Å². The van der Waals surface area contributed by atoms with Crippen LogP contribution in [-0.4, -0.2) is 43.1 Å². The van der Waals surface area contributed by atoms with Crippen LogP contribution < -0.4 is 10.1 Å². The molecule has 4 nitrogen and oxygen atoms in total. The first kappa shape index (κ1) is 15.6. The van der Waals surface area contributed by atoms with Gasteiger partial charge in [-0.2, -0.15) is 0 Å². The summed E-state index contributed by atoms with van der Waals surface area (Å²) in [5.41, 5.74) is 1.57. The number of ether oxygens (including phenoxy) is 1. The van der Waals surface area contributed by atoms with Gasteiger partial charge in [-0.15, -0.1) is 0 Å². The SMILES string of the molecule is C=C(C)COc1ccccc1C(=O)N1CCN[C@H](CC)C1. The van der Waals surface area contributed by atoms with E-state index in [1.54, 1.807) is 0 Å². The molecule has 1 aromatic rings. The second-order valence-electron chi connectivity index (χ2n) is 5.55. The minimum Gasteiger partial charge on any atom is -0.488 e. The molecule has 0 unspecified atom stereocenters. The topological polar surface area (TPSA) is 41.6 Å². The summed E-state index contributed by atoms with van der Waals surface area (Å²) in [6.07, 6.45) is 1.03. The standard InChI is InChI=1S/C17H24N2O2/c1-4-14-11-19(10-9-18-14)17(20)15-7-5-6-8-16(15)21-12-13(2)3/h5-8,14,18H,2,4,9-12H2,1,3H3/t14-/m1/s1. The number of rotatable bonds is 5. The molecule has 1 fully saturated rings. The van der Waals surface area contributed by atoms with Crippen molar-refractivity contribution in [1.29, 1.82) is 0 Å². The highest BCUT2D eigenvalue weighted by molar-refractivity contribution is 5.97. The van der Waals surface area contributed by atoms with Crippen molar-refractivity contribution in [3.8, 4) is 5.75 Å². The first-order valence-electron chi connectivity index (χ1n) is 7.50. The summed E-state index contributed by atoms with van der Waals surface area (Å²) in [4.78, 5) is 14.6. The molecule has 1 atom stereocenters. The van der Waals surface area contributed by atoms with Crippen molar-refractivity contribution in [2.24, 2.45) is 0 Å². The number of hydrogen-bond donors (Lipinski definition) is 1. The van der Waals surface area contributed by atoms with Gasteiger partial charge in [-0.3, -0.25) is 4.79 Å². The molecule has 21 heavy (non-hydrogen) atoms. The molecule has 0 saturated carbocycles. The molecule has 1 aliphatic rings. The van der Waals surface area contributed by atoms with Gasteiger partial charge in [0.15, 0.2) is 0 Å². The third kappa shape index (κ3) is 4.08. The monoisotopic (exact) mass is 288 g/mol. The molecule has 1 saturated heterocycles. The van der Waals surface area contributed by atoms with Crippen LogP contribution in [0.5, 0.6) is 5.75 Å². The lowest BCUT2D eigenvalue weighted by atomic mass is 10.1. The van der Waals surface area contributed by atoms with Gasteiger partial charge >= 0.3 is 0 Å². The number of benzene rings is 1.